The molecule has 156 valence electrons. The van der Waals surface area contributed by atoms with Crippen LogP contribution in [0.1, 0.15) is 11.6 Å². The molecule has 0 spiro atoms. The van der Waals surface area contributed by atoms with Gasteiger partial charge in [0.15, 0.2) is 6.61 Å². The third kappa shape index (κ3) is 5.93. The van der Waals surface area contributed by atoms with E-state index in [1.807, 2.05) is 60.7 Å². The summed E-state index contributed by atoms with van der Waals surface area (Å²) in [4.78, 5) is 16.5. The van der Waals surface area contributed by atoms with Crippen molar-refractivity contribution in [1.82, 2.24) is 20.1 Å². The van der Waals surface area contributed by atoms with Crippen molar-refractivity contribution in [3.63, 3.8) is 0 Å². The molecule has 4 rings (SSSR count). The van der Waals surface area contributed by atoms with Crippen molar-refractivity contribution in [3.8, 4) is 17.2 Å². The third-order valence-electron chi connectivity index (χ3n) is 4.55. The lowest BCUT2D eigenvalue weighted by Crippen LogP contribution is -2.35. The number of carbonyl (C=O) groups excluding carboxylic acids is 1. The van der Waals surface area contributed by atoms with Crippen molar-refractivity contribution < 1.29 is 14.3 Å². The summed E-state index contributed by atoms with van der Waals surface area (Å²) in [7, 11) is 0. The Morgan fingerprint density at radius 2 is 1.52 bits per heavy atom. The predicted octanol–water partition coefficient (Wildman–Crippen LogP) is 4.01. The minimum Gasteiger partial charge on any atom is -0.484 e. The van der Waals surface area contributed by atoms with E-state index in [1.54, 1.807) is 35.3 Å². The van der Waals surface area contributed by atoms with Crippen LogP contribution in [0.5, 0.6) is 17.2 Å². The van der Waals surface area contributed by atoms with Crippen LogP contribution in [0.15, 0.2) is 97.6 Å². The minimum atomic E-state index is -0.249. The van der Waals surface area contributed by atoms with Crippen LogP contribution in [-0.2, 0) is 11.3 Å². The first-order valence-electron chi connectivity index (χ1n) is 9.89. The topological polar surface area (TPSA) is 78.3 Å². The van der Waals surface area contributed by atoms with Crippen molar-refractivity contribution in [2.24, 2.45) is 0 Å². The predicted molar refractivity (Wildman–Crippen MR) is 116 cm³/mol. The fraction of sp³-hybridized carbons (Fsp3) is 0.125. The van der Waals surface area contributed by atoms with Crippen molar-refractivity contribution in [2.45, 2.75) is 12.6 Å². The lowest BCUT2D eigenvalue weighted by Gasteiger charge is -2.19. The van der Waals surface area contributed by atoms with Crippen molar-refractivity contribution >= 4 is 5.91 Å². The number of hydrogen-bond donors (Lipinski definition) is 1. The zero-order valence-corrected chi connectivity index (χ0v) is 16.8. The van der Waals surface area contributed by atoms with Crippen molar-refractivity contribution in [3.05, 3.63) is 103 Å². The van der Waals surface area contributed by atoms with E-state index in [9.17, 15) is 4.79 Å². The van der Waals surface area contributed by atoms with Crippen molar-refractivity contribution in [1.29, 1.82) is 0 Å². The van der Waals surface area contributed by atoms with Gasteiger partial charge in [-0.05, 0) is 42.0 Å². The average molecular weight is 414 g/mol. The number of ether oxygens (including phenoxy) is 2. The number of rotatable bonds is 9. The molecule has 0 aliphatic heterocycles. The third-order valence-corrected chi connectivity index (χ3v) is 4.55. The van der Waals surface area contributed by atoms with Crippen LogP contribution < -0.4 is 14.8 Å². The Kier molecular flexibility index (Phi) is 6.54. The quantitative estimate of drug-likeness (QED) is 0.448. The van der Waals surface area contributed by atoms with E-state index >= 15 is 0 Å². The molecule has 0 radical (unpaired) electrons. The molecule has 0 bridgehead atoms. The van der Waals surface area contributed by atoms with E-state index < -0.39 is 0 Å². The van der Waals surface area contributed by atoms with Crippen molar-refractivity contribution in [2.75, 3.05) is 6.61 Å². The van der Waals surface area contributed by atoms with Gasteiger partial charge in [0.1, 0.15) is 29.9 Å². The molecule has 7 nitrogen and oxygen atoms in total. The molecule has 1 atom stereocenters. The molecule has 0 fully saturated rings. The molecule has 0 saturated heterocycles. The molecular formula is C24H22N4O3. The average Bonchev–Trinajstić information content (AvgIpc) is 3.33. The SMILES string of the molecule is O=C(COc1ccc(Oc2ccccc2)cc1)NC(Cn1cncn1)c1ccccc1. The standard InChI is InChI=1S/C24H22N4O3/c29-24(27-23(15-28-18-25-17-26-28)19-7-3-1-4-8-19)16-30-20-11-13-22(14-12-20)31-21-9-5-2-6-10-21/h1-14,17-18,23H,15-16H2,(H,27,29). The van der Waals surface area contributed by atoms with E-state index in [0.717, 1.165) is 11.3 Å². The van der Waals surface area contributed by atoms with Gasteiger partial charge < -0.3 is 14.8 Å². The van der Waals surface area contributed by atoms with Crippen LogP contribution in [-0.4, -0.2) is 27.3 Å². The summed E-state index contributed by atoms with van der Waals surface area (Å²) < 4.78 is 13.1. The monoisotopic (exact) mass is 414 g/mol. The van der Waals surface area contributed by atoms with Gasteiger partial charge in [-0.3, -0.25) is 9.48 Å². The largest absolute Gasteiger partial charge is 0.484 e. The molecular weight excluding hydrogens is 392 g/mol. The zero-order valence-electron chi connectivity index (χ0n) is 16.8. The van der Waals surface area contributed by atoms with Gasteiger partial charge >= 0.3 is 0 Å². The Morgan fingerprint density at radius 3 is 2.19 bits per heavy atom. The molecule has 0 aliphatic carbocycles. The minimum absolute atomic E-state index is 0.0976. The molecule has 31 heavy (non-hydrogen) atoms. The highest BCUT2D eigenvalue weighted by atomic mass is 16.5. The van der Waals surface area contributed by atoms with Gasteiger partial charge in [-0.25, -0.2) is 4.98 Å². The normalized spacial score (nSPS) is 11.5. The van der Waals surface area contributed by atoms with Crippen LogP contribution >= 0.6 is 0 Å². The summed E-state index contributed by atoms with van der Waals surface area (Å²) in [6.07, 6.45) is 3.09. The van der Waals surface area contributed by atoms with Gasteiger partial charge in [-0.2, -0.15) is 5.10 Å². The van der Waals surface area contributed by atoms with E-state index in [2.05, 4.69) is 15.4 Å². The van der Waals surface area contributed by atoms with Crippen LogP contribution in [0, 0.1) is 0 Å². The van der Waals surface area contributed by atoms with Gasteiger partial charge in [0.2, 0.25) is 0 Å². The van der Waals surface area contributed by atoms with Crippen LogP contribution in [0.2, 0.25) is 0 Å². The molecule has 1 heterocycles. The molecule has 3 aromatic carbocycles. The zero-order chi connectivity index (χ0) is 21.3. The number of para-hydroxylation sites is 1. The number of benzene rings is 3. The van der Waals surface area contributed by atoms with Gasteiger partial charge in [-0.1, -0.05) is 48.5 Å². The lowest BCUT2D eigenvalue weighted by atomic mass is 10.1. The van der Waals surface area contributed by atoms with E-state index in [1.165, 1.54) is 6.33 Å². The summed E-state index contributed by atoms with van der Waals surface area (Å²) in [5, 5.41) is 7.14. The van der Waals surface area contributed by atoms with E-state index in [0.29, 0.717) is 18.0 Å². The first kappa shape index (κ1) is 20.2. The van der Waals surface area contributed by atoms with E-state index in [4.69, 9.17) is 9.47 Å². The lowest BCUT2D eigenvalue weighted by molar-refractivity contribution is -0.124. The fourth-order valence-electron chi connectivity index (χ4n) is 3.05. The maximum Gasteiger partial charge on any atom is 0.258 e. The Labute approximate surface area is 180 Å². The van der Waals surface area contributed by atoms with Gasteiger partial charge in [0.25, 0.3) is 5.91 Å². The maximum atomic E-state index is 12.5. The molecule has 0 aliphatic rings. The Balaban J connectivity index is 1.32. The first-order valence-corrected chi connectivity index (χ1v) is 9.89. The molecule has 1 amide bonds. The summed E-state index contributed by atoms with van der Waals surface area (Å²) in [6.45, 7) is 0.376. The number of aromatic nitrogens is 3. The highest BCUT2D eigenvalue weighted by molar-refractivity contribution is 5.78. The smallest absolute Gasteiger partial charge is 0.258 e. The van der Waals surface area contributed by atoms with Gasteiger partial charge in [0.05, 0.1) is 12.6 Å². The number of hydrogen-bond acceptors (Lipinski definition) is 5. The molecule has 7 heteroatoms. The van der Waals surface area contributed by atoms with Crippen LogP contribution in [0.4, 0.5) is 0 Å². The second-order valence-electron chi connectivity index (χ2n) is 6.82. The second-order valence-corrected chi connectivity index (χ2v) is 6.82. The number of nitrogens with zero attached hydrogens (tertiary/aromatic N) is 3. The summed E-state index contributed by atoms with van der Waals surface area (Å²) in [5.74, 6) is 1.82. The molecule has 1 N–H and O–H groups in total. The van der Waals surface area contributed by atoms with E-state index in [-0.39, 0.29) is 18.6 Å². The number of amides is 1. The van der Waals surface area contributed by atoms with Gasteiger partial charge in [-0.15, -0.1) is 0 Å². The Hall–Kier alpha value is -4.13. The highest BCUT2D eigenvalue weighted by Gasteiger charge is 2.16. The first-order chi connectivity index (χ1) is 15.3. The fourth-order valence-corrected chi connectivity index (χ4v) is 3.05. The molecule has 1 unspecified atom stereocenters. The maximum absolute atomic E-state index is 12.5. The highest BCUT2D eigenvalue weighted by Crippen LogP contribution is 2.23. The molecule has 0 saturated carbocycles. The molecule has 1 aromatic heterocycles. The number of carbonyl (C=O) groups is 1. The molecule has 4 aromatic rings. The Morgan fingerprint density at radius 1 is 0.871 bits per heavy atom. The van der Waals surface area contributed by atoms with Crippen LogP contribution in [0.3, 0.4) is 0 Å². The van der Waals surface area contributed by atoms with Crippen LogP contribution in [0.25, 0.3) is 0 Å². The summed E-state index contributed by atoms with van der Waals surface area (Å²) in [6, 6.07) is 26.2. The summed E-state index contributed by atoms with van der Waals surface area (Å²) in [5.41, 5.74) is 0.980. The Bertz CT molecular complexity index is 1070. The summed E-state index contributed by atoms with van der Waals surface area (Å²) >= 11 is 0. The number of nitrogens with one attached hydrogen (secondary N) is 1. The second kappa shape index (κ2) is 10.1. The van der Waals surface area contributed by atoms with Gasteiger partial charge in [0, 0.05) is 0 Å².